The van der Waals surface area contributed by atoms with Gasteiger partial charge in [-0.15, -0.1) is 0 Å². The molecule has 0 bridgehead atoms. The van der Waals surface area contributed by atoms with Crippen molar-refractivity contribution in [2.75, 3.05) is 19.6 Å². The van der Waals surface area contributed by atoms with Crippen LogP contribution in [0.4, 0.5) is 0 Å². The van der Waals surface area contributed by atoms with Gasteiger partial charge in [-0.05, 0) is 56.3 Å². The minimum atomic E-state index is -0.172. The first-order valence-corrected chi connectivity index (χ1v) is 9.67. The highest BCUT2D eigenvalue weighted by molar-refractivity contribution is 6.38. The molecule has 0 saturated carbocycles. The molecule has 27 heavy (non-hydrogen) atoms. The molecule has 0 spiro atoms. The van der Waals surface area contributed by atoms with Crippen LogP contribution in [0.5, 0.6) is 0 Å². The van der Waals surface area contributed by atoms with E-state index in [4.69, 9.17) is 11.6 Å². The molecular weight excluding hydrogens is 362 g/mol. The number of halogens is 1. The fraction of sp³-hybridized carbons (Fsp3) is 0.350. The molecule has 0 radical (unpaired) electrons. The predicted octanol–water partition coefficient (Wildman–Crippen LogP) is 3.57. The lowest BCUT2D eigenvalue weighted by atomic mass is 10.1. The van der Waals surface area contributed by atoms with E-state index in [0.29, 0.717) is 17.1 Å². The molecule has 0 aliphatic carbocycles. The Balaban J connectivity index is 1.52. The van der Waals surface area contributed by atoms with Gasteiger partial charge in [0.1, 0.15) is 0 Å². The number of hydrogen-bond donors (Lipinski definition) is 2. The number of nitrogens with zero attached hydrogens (tertiary/aromatic N) is 3. The molecule has 1 atom stereocenters. The highest BCUT2D eigenvalue weighted by atomic mass is 35.5. The number of carbonyl (C=O) groups is 1. The molecule has 1 fully saturated rings. The van der Waals surface area contributed by atoms with Gasteiger partial charge in [0.2, 0.25) is 0 Å². The van der Waals surface area contributed by atoms with Crippen LogP contribution in [-0.2, 0) is 0 Å². The Kier molecular flexibility index (Phi) is 5.36. The molecule has 2 N–H and O–H groups in total. The van der Waals surface area contributed by atoms with Gasteiger partial charge < -0.3 is 10.3 Å². The van der Waals surface area contributed by atoms with Crippen molar-refractivity contribution in [2.45, 2.75) is 25.3 Å². The summed E-state index contributed by atoms with van der Waals surface area (Å²) in [5.74, 6) is -0.172. The number of piperidine rings is 1. The number of amides is 1. The number of carbonyl (C=O) groups excluding carboxylic acids is 1. The van der Waals surface area contributed by atoms with Crippen LogP contribution in [0.15, 0.2) is 42.7 Å². The molecule has 2 aromatic heterocycles. The Morgan fingerprint density at radius 3 is 2.85 bits per heavy atom. The average molecular weight is 384 g/mol. The molecule has 1 saturated heterocycles. The van der Waals surface area contributed by atoms with E-state index in [1.807, 2.05) is 30.5 Å². The zero-order valence-electron chi connectivity index (χ0n) is 15.0. The smallest absolute Gasteiger partial charge is 0.252 e. The van der Waals surface area contributed by atoms with Gasteiger partial charge in [0.05, 0.1) is 22.3 Å². The van der Waals surface area contributed by atoms with Crippen molar-refractivity contribution in [3.63, 3.8) is 0 Å². The highest BCUT2D eigenvalue weighted by Gasteiger charge is 2.25. The monoisotopic (exact) mass is 383 g/mol. The molecule has 1 aromatic carbocycles. The lowest BCUT2D eigenvalue weighted by molar-refractivity contribution is 0.0922. The minimum Gasteiger partial charge on any atom is -0.361 e. The number of rotatable bonds is 5. The molecule has 4 rings (SSSR count). The SMILES string of the molecule is O=C(NCC(c1cccnn1)N1CCCCC1)c1ccc2[nH]ccc2c1Cl. The van der Waals surface area contributed by atoms with Crippen molar-refractivity contribution in [1.29, 1.82) is 0 Å². The molecule has 3 aromatic rings. The molecule has 3 heterocycles. The van der Waals surface area contributed by atoms with E-state index in [1.54, 1.807) is 12.3 Å². The summed E-state index contributed by atoms with van der Waals surface area (Å²) >= 11 is 6.45. The van der Waals surface area contributed by atoms with Crippen LogP contribution < -0.4 is 5.32 Å². The Hall–Kier alpha value is -2.44. The largest absolute Gasteiger partial charge is 0.361 e. The second-order valence-electron chi connectivity index (χ2n) is 6.84. The predicted molar refractivity (Wildman–Crippen MR) is 106 cm³/mol. The topological polar surface area (TPSA) is 73.9 Å². The zero-order chi connectivity index (χ0) is 18.6. The van der Waals surface area contributed by atoms with Gasteiger partial charge in [-0.25, -0.2) is 0 Å². The van der Waals surface area contributed by atoms with E-state index in [2.05, 4.69) is 25.4 Å². The summed E-state index contributed by atoms with van der Waals surface area (Å²) in [7, 11) is 0. The second kappa shape index (κ2) is 8.06. The Bertz CT molecular complexity index is 921. The number of aromatic amines is 1. The van der Waals surface area contributed by atoms with Crippen LogP contribution >= 0.6 is 11.6 Å². The molecule has 7 heteroatoms. The van der Waals surface area contributed by atoms with Gasteiger partial charge in [-0.3, -0.25) is 9.69 Å². The van der Waals surface area contributed by atoms with Crippen LogP contribution in [0.25, 0.3) is 10.9 Å². The number of likely N-dealkylation sites (tertiary alicyclic amines) is 1. The van der Waals surface area contributed by atoms with Crippen molar-refractivity contribution in [2.24, 2.45) is 0 Å². The third kappa shape index (κ3) is 3.82. The fourth-order valence-electron chi connectivity index (χ4n) is 3.70. The van der Waals surface area contributed by atoms with E-state index in [-0.39, 0.29) is 11.9 Å². The maximum absolute atomic E-state index is 12.8. The highest BCUT2D eigenvalue weighted by Crippen LogP contribution is 2.27. The van der Waals surface area contributed by atoms with Crippen molar-refractivity contribution in [1.82, 2.24) is 25.4 Å². The van der Waals surface area contributed by atoms with Crippen molar-refractivity contribution < 1.29 is 4.79 Å². The second-order valence-corrected chi connectivity index (χ2v) is 7.21. The normalized spacial score (nSPS) is 16.3. The van der Waals surface area contributed by atoms with Crippen LogP contribution in [0.2, 0.25) is 5.02 Å². The Morgan fingerprint density at radius 1 is 1.22 bits per heavy atom. The summed E-state index contributed by atoms with van der Waals surface area (Å²) in [6.07, 6.45) is 7.07. The lowest BCUT2D eigenvalue weighted by Crippen LogP contribution is -2.41. The number of hydrogen-bond acceptors (Lipinski definition) is 4. The third-order valence-electron chi connectivity index (χ3n) is 5.13. The Labute approximate surface area is 162 Å². The van der Waals surface area contributed by atoms with E-state index in [9.17, 15) is 4.79 Å². The van der Waals surface area contributed by atoms with Crippen molar-refractivity contribution in [3.8, 4) is 0 Å². The first kappa shape index (κ1) is 17.9. The van der Waals surface area contributed by atoms with E-state index < -0.39 is 0 Å². The summed E-state index contributed by atoms with van der Waals surface area (Å²) < 4.78 is 0. The molecule has 1 unspecified atom stereocenters. The first-order chi connectivity index (χ1) is 13.2. The summed E-state index contributed by atoms with van der Waals surface area (Å²) in [4.78, 5) is 18.3. The van der Waals surface area contributed by atoms with Gasteiger partial charge in [0.25, 0.3) is 5.91 Å². The Morgan fingerprint density at radius 2 is 2.07 bits per heavy atom. The summed E-state index contributed by atoms with van der Waals surface area (Å²) in [6.45, 7) is 2.49. The number of aromatic nitrogens is 3. The molecule has 1 aliphatic rings. The van der Waals surface area contributed by atoms with Crippen molar-refractivity contribution >= 4 is 28.4 Å². The summed E-state index contributed by atoms with van der Waals surface area (Å²) in [6, 6.07) is 9.38. The standard InChI is InChI=1S/C20H22ClN5O/c21-19-14-8-10-22-16(14)7-6-15(19)20(27)23-13-18(17-5-4-9-24-25-17)26-11-2-1-3-12-26/h4-10,18,22H,1-3,11-13H2,(H,23,27). The maximum Gasteiger partial charge on any atom is 0.252 e. The van der Waals surface area contributed by atoms with Gasteiger partial charge in [-0.2, -0.15) is 10.2 Å². The average Bonchev–Trinajstić information content (AvgIpc) is 3.20. The van der Waals surface area contributed by atoms with Crippen molar-refractivity contribution in [3.05, 3.63) is 59.0 Å². The lowest BCUT2D eigenvalue weighted by Gasteiger charge is -2.34. The summed E-state index contributed by atoms with van der Waals surface area (Å²) in [5.41, 5.74) is 2.29. The summed E-state index contributed by atoms with van der Waals surface area (Å²) in [5, 5.41) is 12.7. The van der Waals surface area contributed by atoms with Gasteiger partial charge in [0.15, 0.2) is 0 Å². The van der Waals surface area contributed by atoms with Gasteiger partial charge in [0, 0.05) is 29.8 Å². The number of fused-ring (bicyclic) bond motifs is 1. The quantitative estimate of drug-likeness (QED) is 0.706. The van der Waals surface area contributed by atoms with E-state index in [1.165, 1.54) is 19.3 Å². The fourth-order valence-corrected chi connectivity index (χ4v) is 4.01. The third-order valence-corrected chi connectivity index (χ3v) is 5.54. The van der Waals surface area contributed by atoms with E-state index >= 15 is 0 Å². The number of nitrogens with one attached hydrogen (secondary N) is 2. The van der Waals surface area contributed by atoms with E-state index in [0.717, 1.165) is 29.7 Å². The molecule has 1 aliphatic heterocycles. The van der Waals surface area contributed by atoms with Crippen LogP contribution in [0.3, 0.4) is 0 Å². The van der Waals surface area contributed by atoms with Crippen LogP contribution in [0.1, 0.15) is 41.4 Å². The van der Waals surface area contributed by atoms with Gasteiger partial charge >= 0.3 is 0 Å². The number of benzene rings is 1. The molecule has 140 valence electrons. The van der Waals surface area contributed by atoms with Crippen LogP contribution in [-0.4, -0.2) is 45.6 Å². The first-order valence-electron chi connectivity index (χ1n) is 9.29. The molecule has 6 nitrogen and oxygen atoms in total. The van der Waals surface area contributed by atoms with Gasteiger partial charge in [-0.1, -0.05) is 18.0 Å². The maximum atomic E-state index is 12.8. The molecule has 1 amide bonds. The van der Waals surface area contributed by atoms with Crippen LogP contribution in [0, 0.1) is 0 Å². The zero-order valence-corrected chi connectivity index (χ0v) is 15.7. The molecular formula is C20H22ClN5O. The minimum absolute atomic E-state index is 0.0118. The number of H-pyrrole nitrogens is 1.